The van der Waals surface area contributed by atoms with E-state index in [1.54, 1.807) is 36.9 Å². The van der Waals surface area contributed by atoms with Crippen LogP contribution < -0.4 is 21.1 Å². The van der Waals surface area contributed by atoms with Crippen LogP contribution in [0.2, 0.25) is 0 Å². The highest BCUT2D eigenvalue weighted by Gasteiger charge is 2.37. The summed E-state index contributed by atoms with van der Waals surface area (Å²) in [6, 6.07) is 6.44. The molecule has 15 nitrogen and oxygen atoms in total. The molecule has 1 radical (unpaired) electrons. The van der Waals surface area contributed by atoms with Gasteiger partial charge < -0.3 is 54.6 Å². The summed E-state index contributed by atoms with van der Waals surface area (Å²) in [5, 5.41) is 25.5. The Morgan fingerprint density at radius 3 is 2.69 bits per heavy atom. The zero-order chi connectivity index (χ0) is 37.1. The van der Waals surface area contributed by atoms with Crippen molar-refractivity contribution in [1.82, 2.24) is 10.6 Å². The Morgan fingerprint density at radius 1 is 1.14 bits per heavy atom. The van der Waals surface area contributed by atoms with E-state index in [4.69, 9.17) is 44.2 Å². The molecular weight excluding hydrogens is 763 g/mol. The summed E-state index contributed by atoms with van der Waals surface area (Å²) in [5.41, 5.74) is 5.06. The Morgan fingerprint density at radius 2 is 1.94 bits per heavy atom. The fourth-order valence-electron chi connectivity index (χ4n) is 4.02. The second kappa shape index (κ2) is 28.4. The van der Waals surface area contributed by atoms with Crippen LogP contribution >= 0.6 is 54.9 Å². The lowest BCUT2D eigenvalue weighted by Crippen LogP contribution is -2.32. The Balaban J connectivity index is 1.64. The Labute approximate surface area is 318 Å². The highest BCUT2D eigenvalue weighted by molar-refractivity contribution is 8.76. The number of nitrogens with one attached hydrogen (secondary N) is 2. The van der Waals surface area contributed by atoms with Gasteiger partial charge in [-0.05, 0) is 48.9 Å². The molecule has 21 heteroatoms. The van der Waals surface area contributed by atoms with Gasteiger partial charge in [-0.25, -0.2) is 4.79 Å². The summed E-state index contributed by atoms with van der Waals surface area (Å²) in [6.45, 7) is 0.977. The number of carbonyl (C=O) groups excluding carboxylic acids is 3. The van der Waals surface area contributed by atoms with Crippen LogP contribution in [0.1, 0.15) is 16.8 Å². The van der Waals surface area contributed by atoms with Crippen LogP contribution in [0.5, 0.6) is 5.75 Å². The van der Waals surface area contributed by atoms with Crippen molar-refractivity contribution in [3.8, 4) is 22.9 Å². The quantitative estimate of drug-likeness (QED) is 0.0212. The van der Waals surface area contributed by atoms with E-state index in [2.05, 4.69) is 22.4 Å². The summed E-state index contributed by atoms with van der Waals surface area (Å²) in [7, 11) is 7.40. The number of benzene rings is 1. The number of nitriles is 1. The largest absolute Gasteiger partial charge is 0.509 e. The highest BCUT2D eigenvalue weighted by Crippen LogP contribution is 2.31. The van der Waals surface area contributed by atoms with Crippen LogP contribution in [0.3, 0.4) is 0 Å². The molecule has 5 N–H and O–H groups in total. The third kappa shape index (κ3) is 20.0. The summed E-state index contributed by atoms with van der Waals surface area (Å²) < 4.78 is 38.8. The molecule has 0 spiro atoms. The van der Waals surface area contributed by atoms with Gasteiger partial charge in [0, 0.05) is 24.7 Å². The topological polar surface area (TPSA) is 210 Å². The summed E-state index contributed by atoms with van der Waals surface area (Å²) in [6.07, 6.45) is 2.21. The third-order valence-electron chi connectivity index (χ3n) is 6.20. The van der Waals surface area contributed by atoms with Crippen LogP contribution in [-0.4, -0.2) is 137 Å². The molecule has 2 rings (SSSR count). The van der Waals surface area contributed by atoms with E-state index in [1.165, 1.54) is 43.2 Å². The first kappa shape index (κ1) is 45.0. The molecule has 1 aromatic carbocycles. The average Bonchev–Trinajstić information content (AvgIpc) is 3.52. The molecule has 1 heterocycles. The Kier molecular flexibility index (Phi) is 25.0. The van der Waals surface area contributed by atoms with Gasteiger partial charge in [-0.1, -0.05) is 55.2 Å². The molecule has 1 aliphatic heterocycles. The van der Waals surface area contributed by atoms with Gasteiger partial charge >= 0.3 is 6.16 Å². The fourth-order valence-corrected chi connectivity index (χ4v) is 7.17. The maximum atomic E-state index is 12.2. The van der Waals surface area contributed by atoms with Gasteiger partial charge in [-0.2, -0.15) is 11.1 Å². The van der Waals surface area contributed by atoms with E-state index < -0.39 is 29.8 Å². The minimum absolute atomic E-state index is 0.0944. The number of nitrogens with two attached hydrogens (primary N) is 1. The van der Waals surface area contributed by atoms with E-state index >= 15 is 0 Å². The molecular formula is C30H42BN4O11S5. The van der Waals surface area contributed by atoms with Crippen LogP contribution in [0.25, 0.3) is 0 Å². The summed E-state index contributed by atoms with van der Waals surface area (Å²) >= 11 is 0.770. The molecule has 1 saturated heterocycles. The number of nitrogens with zero attached hydrogens (tertiary/aromatic N) is 1. The van der Waals surface area contributed by atoms with Crippen molar-refractivity contribution in [2.45, 2.75) is 35.5 Å². The Hall–Kier alpha value is -2.15. The minimum atomic E-state index is -0.910. The van der Waals surface area contributed by atoms with Gasteiger partial charge in [0.15, 0.2) is 5.94 Å². The maximum absolute atomic E-state index is 12.2. The maximum Gasteiger partial charge on any atom is 0.509 e. The lowest BCUT2D eigenvalue weighted by atomic mass is 9.71. The van der Waals surface area contributed by atoms with E-state index in [1.807, 2.05) is 12.5 Å². The summed E-state index contributed by atoms with van der Waals surface area (Å²) in [4.78, 5) is 36.0. The number of aliphatic hydroxyl groups excluding tert-OH is 1. The minimum Gasteiger partial charge on any atom is -0.490 e. The summed E-state index contributed by atoms with van der Waals surface area (Å²) in [5.74, 6) is 5.53. The first-order chi connectivity index (χ1) is 24.8. The van der Waals surface area contributed by atoms with Crippen LogP contribution in [0.15, 0.2) is 24.3 Å². The standard InChI is InChI=1S/C30H42BN4O11S5/c1-47-50-27(17-42-22-6-3-5-21(13-22)29(38)35-10-8-32)41-12-11-40-16-26(37)34-9-4-7-31-25-14-23(24(15-36)45-25)46-28(51-48-2)18-43-30(39)44-20-49-19-33/h3,5-6,13,23-25,27-28,36H,8-12,14-18,20,32H2,1-2H3,(H,34,37)(H,35,38)/t23-,24?,25-,27?,28-/m1/s1. The van der Waals surface area contributed by atoms with Crippen molar-refractivity contribution in [3.05, 3.63) is 29.8 Å². The zero-order valence-electron chi connectivity index (χ0n) is 28.1. The van der Waals surface area contributed by atoms with Gasteiger partial charge in [0.2, 0.25) is 5.91 Å². The van der Waals surface area contributed by atoms with Crippen molar-refractivity contribution in [2.75, 3.05) is 77.7 Å². The van der Waals surface area contributed by atoms with Gasteiger partial charge in [0.05, 0.1) is 32.5 Å². The molecule has 281 valence electrons. The van der Waals surface area contributed by atoms with Crippen LogP contribution in [0, 0.1) is 22.4 Å². The SMILES string of the molecule is CSSC(COc1cccc(C(=O)NCCN)c1)OCCOCC(=O)NCC#C[B][C@H]1C[C@@H](O[C@@H](COC(=O)OCSC#N)SSC)C(CO)O1. The van der Waals surface area contributed by atoms with Gasteiger partial charge in [0.25, 0.3) is 13.2 Å². The predicted octanol–water partition coefficient (Wildman–Crippen LogP) is 2.06. The molecule has 2 amide bonds. The van der Waals surface area contributed by atoms with Crippen molar-refractivity contribution < 1.29 is 52.6 Å². The number of thioether (sulfide) groups is 1. The second-order valence-corrected chi connectivity index (χ2v) is 15.8. The van der Waals surface area contributed by atoms with Gasteiger partial charge in [-0.3, -0.25) is 9.59 Å². The molecule has 0 aliphatic carbocycles. The molecule has 0 bridgehead atoms. The molecule has 1 aromatic rings. The number of ether oxygens (including phenoxy) is 7. The number of amides is 2. The number of hydrogen-bond acceptors (Lipinski definition) is 18. The molecule has 5 atom stereocenters. The highest BCUT2D eigenvalue weighted by atomic mass is 33.1. The molecule has 0 saturated carbocycles. The second-order valence-electron chi connectivity index (χ2n) is 9.82. The fraction of sp³-hybridized carbons (Fsp3) is 0.600. The van der Waals surface area contributed by atoms with E-state index in [-0.39, 0.29) is 69.4 Å². The lowest BCUT2D eigenvalue weighted by Gasteiger charge is -2.23. The first-order valence-corrected chi connectivity index (χ1v) is 21.7. The monoisotopic (exact) mass is 805 g/mol. The van der Waals surface area contributed by atoms with Crippen molar-refractivity contribution in [2.24, 2.45) is 5.73 Å². The van der Waals surface area contributed by atoms with E-state index in [0.717, 1.165) is 11.8 Å². The smallest absolute Gasteiger partial charge is 0.490 e. The third-order valence-corrected chi connectivity index (χ3v) is 10.3. The van der Waals surface area contributed by atoms with Crippen molar-refractivity contribution >= 4 is 80.2 Å². The molecule has 1 aliphatic rings. The van der Waals surface area contributed by atoms with Crippen LogP contribution in [0.4, 0.5) is 4.79 Å². The molecule has 0 aromatic heterocycles. The van der Waals surface area contributed by atoms with Gasteiger partial charge in [0.1, 0.15) is 47.9 Å². The number of hydrogen-bond donors (Lipinski definition) is 4. The van der Waals surface area contributed by atoms with E-state index in [9.17, 15) is 19.5 Å². The van der Waals surface area contributed by atoms with Gasteiger partial charge in [-0.15, -0.1) is 0 Å². The lowest BCUT2D eigenvalue weighted by molar-refractivity contribution is -0.126. The van der Waals surface area contributed by atoms with Crippen LogP contribution in [-0.2, 0) is 33.2 Å². The average molecular weight is 806 g/mol. The predicted molar refractivity (Wildman–Crippen MR) is 202 cm³/mol. The van der Waals surface area contributed by atoms with E-state index in [0.29, 0.717) is 30.8 Å². The van der Waals surface area contributed by atoms with Crippen molar-refractivity contribution in [3.63, 3.8) is 0 Å². The number of aliphatic hydroxyl groups is 1. The number of thiocyanates is 1. The Bertz CT molecular complexity index is 1290. The first-order valence-electron chi connectivity index (χ1n) is 15.4. The zero-order valence-corrected chi connectivity index (χ0v) is 32.2. The molecule has 51 heavy (non-hydrogen) atoms. The normalized spacial score (nSPS) is 17.6. The number of rotatable bonds is 25. The molecule has 1 fully saturated rings. The van der Waals surface area contributed by atoms with Crippen molar-refractivity contribution in [1.29, 1.82) is 5.26 Å². The molecule has 2 unspecified atom stereocenters. The number of carbonyl (C=O) groups is 3.